The van der Waals surface area contributed by atoms with Crippen molar-refractivity contribution < 1.29 is 9.00 Å². The summed E-state index contributed by atoms with van der Waals surface area (Å²) in [4.78, 5) is 18.9. The molecular formula is C16H14ClN3O2S. The largest absolute Gasteiger partial charge is 0.331 e. The van der Waals surface area contributed by atoms with Crippen LogP contribution in [0.3, 0.4) is 0 Å². The van der Waals surface area contributed by atoms with Gasteiger partial charge in [0.05, 0.1) is 27.6 Å². The molecule has 0 bridgehead atoms. The van der Waals surface area contributed by atoms with Gasteiger partial charge in [0, 0.05) is 5.69 Å². The molecule has 1 amide bonds. The maximum absolute atomic E-state index is 12.6. The van der Waals surface area contributed by atoms with Crippen LogP contribution in [0.15, 0.2) is 53.7 Å². The van der Waals surface area contributed by atoms with E-state index in [0.717, 1.165) is 16.6 Å². The Labute approximate surface area is 140 Å². The molecule has 1 heterocycles. The second-order valence-electron chi connectivity index (χ2n) is 4.89. The number of H-pyrrole nitrogens is 1. The lowest BCUT2D eigenvalue weighted by Crippen LogP contribution is -2.14. The first kappa shape index (κ1) is 15.7. The molecule has 0 unspecified atom stereocenters. The second kappa shape index (κ2) is 6.93. The van der Waals surface area contributed by atoms with Crippen LogP contribution >= 0.6 is 11.6 Å². The highest BCUT2D eigenvalue weighted by atomic mass is 35.5. The van der Waals surface area contributed by atoms with E-state index in [1.165, 1.54) is 0 Å². The van der Waals surface area contributed by atoms with Crippen LogP contribution in [-0.2, 0) is 21.3 Å². The standard InChI is InChI=1S/C16H14ClN3O2S/c17-9-15(21)18-12-6-2-1-5-11(12)10-23(22)16-19-13-7-3-4-8-14(13)20-16/h1-8H,9-10H2,(H,18,21)(H,19,20)/t23-/m1/s1. The van der Waals surface area contributed by atoms with Crippen molar-refractivity contribution in [2.24, 2.45) is 0 Å². The lowest BCUT2D eigenvalue weighted by atomic mass is 10.2. The van der Waals surface area contributed by atoms with Crippen LogP contribution in [0, 0.1) is 0 Å². The number of para-hydroxylation sites is 3. The van der Waals surface area contributed by atoms with Crippen LogP contribution < -0.4 is 5.32 Å². The van der Waals surface area contributed by atoms with Gasteiger partial charge in [0.2, 0.25) is 5.91 Å². The predicted octanol–water partition coefficient (Wildman–Crippen LogP) is 3.05. The molecule has 0 saturated heterocycles. The third-order valence-corrected chi connectivity index (χ3v) is 4.72. The monoisotopic (exact) mass is 347 g/mol. The first-order chi connectivity index (χ1) is 11.2. The Bertz CT molecular complexity index is 845. The highest BCUT2D eigenvalue weighted by molar-refractivity contribution is 7.84. The number of rotatable bonds is 5. The Balaban J connectivity index is 1.83. The fourth-order valence-electron chi connectivity index (χ4n) is 2.20. The summed E-state index contributed by atoms with van der Waals surface area (Å²) in [6, 6.07) is 14.7. The van der Waals surface area contributed by atoms with Crippen molar-refractivity contribution in [1.29, 1.82) is 0 Å². The van der Waals surface area contributed by atoms with E-state index in [4.69, 9.17) is 11.6 Å². The molecule has 3 rings (SSSR count). The zero-order valence-electron chi connectivity index (χ0n) is 12.1. The fraction of sp³-hybridized carbons (Fsp3) is 0.125. The number of carbonyl (C=O) groups is 1. The van der Waals surface area contributed by atoms with Gasteiger partial charge in [-0.1, -0.05) is 30.3 Å². The Hall–Kier alpha value is -2.18. The number of halogens is 1. The molecule has 0 aliphatic carbocycles. The number of nitrogens with one attached hydrogen (secondary N) is 2. The second-order valence-corrected chi connectivity index (χ2v) is 6.52. The minimum Gasteiger partial charge on any atom is -0.331 e. The molecule has 23 heavy (non-hydrogen) atoms. The van der Waals surface area contributed by atoms with E-state index in [2.05, 4.69) is 15.3 Å². The number of aromatic nitrogens is 2. The van der Waals surface area contributed by atoms with E-state index >= 15 is 0 Å². The summed E-state index contributed by atoms with van der Waals surface area (Å²) in [5.74, 6) is -0.173. The van der Waals surface area contributed by atoms with Crippen molar-refractivity contribution in [1.82, 2.24) is 9.97 Å². The molecule has 2 N–H and O–H groups in total. The van der Waals surface area contributed by atoms with Crippen LogP contribution in [0.4, 0.5) is 5.69 Å². The van der Waals surface area contributed by atoms with Gasteiger partial charge in [-0.2, -0.15) is 0 Å². The van der Waals surface area contributed by atoms with E-state index in [1.54, 1.807) is 12.1 Å². The molecule has 0 spiro atoms. The zero-order chi connectivity index (χ0) is 16.2. The van der Waals surface area contributed by atoms with Gasteiger partial charge in [-0.15, -0.1) is 11.6 Å². The molecule has 2 aromatic carbocycles. The molecule has 0 aliphatic rings. The Kier molecular flexibility index (Phi) is 4.73. The number of carbonyl (C=O) groups excluding carboxylic acids is 1. The highest BCUT2D eigenvalue weighted by Crippen LogP contribution is 2.20. The van der Waals surface area contributed by atoms with Crippen molar-refractivity contribution in [3.05, 3.63) is 54.1 Å². The third kappa shape index (κ3) is 3.60. The summed E-state index contributed by atoms with van der Waals surface area (Å²) in [6.45, 7) is 0. The van der Waals surface area contributed by atoms with Crippen LogP contribution in [0.1, 0.15) is 5.56 Å². The average Bonchev–Trinajstić information content (AvgIpc) is 3.00. The van der Waals surface area contributed by atoms with Gasteiger partial charge in [-0.25, -0.2) is 4.98 Å². The maximum Gasteiger partial charge on any atom is 0.239 e. The topological polar surface area (TPSA) is 74.8 Å². The molecule has 118 valence electrons. The third-order valence-electron chi connectivity index (χ3n) is 3.28. The van der Waals surface area contributed by atoms with E-state index in [-0.39, 0.29) is 17.5 Å². The van der Waals surface area contributed by atoms with Crippen LogP contribution in [0.25, 0.3) is 11.0 Å². The Morgan fingerprint density at radius 1 is 1.17 bits per heavy atom. The number of hydrogen-bond donors (Lipinski definition) is 2. The van der Waals surface area contributed by atoms with Gasteiger partial charge in [0.15, 0.2) is 5.16 Å². The smallest absolute Gasteiger partial charge is 0.239 e. The summed E-state index contributed by atoms with van der Waals surface area (Å²) < 4.78 is 12.6. The van der Waals surface area contributed by atoms with Gasteiger partial charge in [-0.3, -0.25) is 9.00 Å². The Morgan fingerprint density at radius 2 is 1.91 bits per heavy atom. The molecule has 0 fully saturated rings. The summed E-state index contributed by atoms with van der Waals surface area (Å²) in [5.41, 5.74) is 3.01. The zero-order valence-corrected chi connectivity index (χ0v) is 13.7. The SMILES string of the molecule is O=C(CCl)Nc1ccccc1C[S@@](=O)c1nc2ccccc2[nH]1. The molecule has 3 aromatic rings. The summed E-state index contributed by atoms with van der Waals surface area (Å²) in [7, 11) is -1.35. The Morgan fingerprint density at radius 3 is 2.70 bits per heavy atom. The van der Waals surface area contributed by atoms with Gasteiger partial charge in [-0.05, 0) is 23.8 Å². The molecule has 0 aliphatic heterocycles. The normalized spacial score (nSPS) is 12.2. The van der Waals surface area contributed by atoms with Crippen molar-refractivity contribution >= 4 is 45.0 Å². The van der Waals surface area contributed by atoms with Crippen molar-refractivity contribution in [3.63, 3.8) is 0 Å². The first-order valence-corrected chi connectivity index (χ1v) is 8.79. The fourth-order valence-corrected chi connectivity index (χ4v) is 3.36. The molecule has 1 atom stereocenters. The quantitative estimate of drug-likeness (QED) is 0.696. The van der Waals surface area contributed by atoms with Crippen molar-refractivity contribution in [3.8, 4) is 0 Å². The summed E-state index contributed by atoms with van der Waals surface area (Å²) in [6.07, 6.45) is 0. The molecule has 0 saturated carbocycles. The molecule has 7 heteroatoms. The van der Waals surface area contributed by atoms with Crippen LogP contribution in [-0.4, -0.2) is 26.0 Å². The number of benzene rings is 2. The summed E-state index contributed by atoms with van der Waals surface area (Å²) in [5, 5.41) is 3.13. The van der Waals surface area contributed by atoms with Crippen LogP contribution in [0.5, 0.6) is 0 Å². The number of aromatic amines is 1. The predicted molar refractivity (Wildman–Crippen MR) is 92.0 cm³/mol. The van der Waals surface area contributed by atoms with Gasteiger partial charge < -0.3 is 10.3 Å². The van der Waals surface area contributed by atoms with Gasteiger partial charge >= 0.3 is 0 Å². The number of amides is 1. The minimum atomic E-state index is -1.35. The highest BCUT2D eigenvalue weighted by Gasteiger charge is 2.13. The number of anilines is 1. The lowest BCUT2D eigenvalue weighted by molar-refractivity contribution is -0.113. The van der Waals surface area contributed by atoms with Crippen molar-refractivity contribution in [2.75, 3.05) is 11.2 Å². The number of imidazole rings is 1. The number of alkyl halides is 1. The number of fused-ring (bicyclic) bond motifs is 1. The molecule has 1 aromatic heterocycles. The maximum atomic E-state index is 12.6. The first-order valence-electron chi connectivity index (χ1n) is 6.94. The molecular weight excluding hydrogens is 334 g/mol. The lowest BCUT2D eigenvalue weighted by Gasteiger charge is -2.09. The van der Waals surface area contributed by atoms with E-state index in [1.807, 2.05) is 36.4 Å². The van der Waals surface area contributed by atoms with Gasteiger partial charge in [0.1, 0.15) is 5.88 Å². The summed E-state index contributed by atoms with van der Waals surface area (Å²) >= 11 is 5.51. The average molecular weight is 348 g/mol. The van der Waals surface area contributed by atoms with E-state index in [9.17, 15) is 9.00 Å². The van der Waals surface area contributed by atoms with E-state index < -0.39 is 10.8 Å². The number of nitrogens with zero attached hydrogens (tertiary/aromatic N) is 1. The van der Waals surface area contributed by atoms with E-state index in [0.29, 0.717) is 10.8 Å². The molecule has 5 nitrogen and oxygen atoms in total. The molecule has 0 radical (unpaired) electrons. The van der Waals surface area contributed by atoms with Crippen LogP contribution in [0.2, 0.25) is 0 Å². The minimum absolute atomic E-state index is 0.124. The van der Waals surface area contributed by atoms with Crippen molar-refractivity contribution in [2.45, 2.75) is 10.9 Å². The number of hydrogen-bond acceptors (Lipinski definition) is 3. The van der Waals surface area contributed by atoms with Gasteiger partial charge in [0.25, 0.3) is 0 Å².